The van der Waals surface area contributed by atoms with Crippen molar-refractivity contribution in [2.24, 2.45) is 0 Å². The van der Waals surface area contributed by atoms with E-state index in [1.165, 1.54) is 140 Å². The van der Waals surface area contributed by atoms with E-state index >= 15 is 0 Å². The molecule has 14 rings (SSSR count). The standard InChI is InChI=1S/C26H24ClN3O6.C16H12ClN3O4.C14H16N2O3.C10H7ClN2O3.C7H8N2O3.C6H6ClNO.C6H15N.C4H8O.ClH.Na.H2O/c1-26(2,3)25-11-16(29-36-25)10-17(31)9-15-5-6-18(12-20(15)27)35-23-7-8-28-21-14-24(34-4)22(30(32)33)13-19(21)23;1-23-16-8-13-10(7-14(16)20(21)22)15(4-5-19-13)24-9-2-3-12(18)11(17)6-9;1-14(2,3)11-9-12(16-19-11)15-13(17)18-10-7-5-4-6-8-10;1-16-10-5-8-6(4-9(10)13(14)15)7(11)2-3-12-8;1-12-7-4-5(8)2-3-6(7)9(10)11;7-5-3-4(9)1-2-6(5)8;1-4-7(5-2)6-3;1-2-4-5-3-1;;;/h5-8,11-14H,9-10H2,1-4H3;2-8H,18H2,1H3;4-9H,1-3H3,(H,15,16,17);2-5H,1H3;2-4H,8H2,1H3;1-3,9H,8H2;4-6H2,1-3H3;1-4H2;1H;;1H2/q;;;;;;;;;+1;/p-1. The number of benzene rings is 8. The number of nitrogens with one attached hydrogen (secondary N) is 1. The normalized spacial score (nSPS) is 10.9. The van der Waals surface area contributed by atoms with E-state index in [0.717, 1.165) is 19.0 Å². The van der Waals surface area contributed by atoms with Crippen LogP contribution in [-0.4, -0.2) is 134 Å². The summed E-state index contributed by atoms with van der Waals surface area (Å²) in [5.41, 5.74) is 19.6. The summed E-state index contributed by atoms with van der Waals surface area (Å²) in [6.07, 6.45) is 6.84. The SMILES string of the molecule is C1CCOC1.CC(C)(C)c1cc(NC(=O)Oc2ccccc2)no1.CCN(CC)CC.COc1cc(N)ccc1[N+](=O)[O-].COc1cc2nccc(Cl)c2cc1[N+](=O)[O-].COc1cc2nccc(Oc3ccc(CC(=O)Cc4cc(C(C)(C)C)on4)c(Cl)c3)c2cc1[N+](=O)[O-].COc1cc2nccc(Oc3ccc(N)c(Cl)c3)c2cc1[N+](=O)[O-].Cl.Nc1ccc(O)cc1Cl.[Na+].[OH-]. The number of halogens is 5. The number of methoxy groups -OCH3 is 4. The number of amides is 1. The van der Waals surface area contributed by atoms with E-state index in [4.69, 9.17) is 116 Å². The van der Waals surface area contributed by atoms with Gasteiger partial charge < -0.3 is 79.6 Å². The molecular weight excluding hydrogens is 1820 g/mol. The zero-order chi connectivity index (χ0) is 94.1. The predicted octanol–water partition coefficient (Wildman–Crippen LogP) is 19.0. The van der Waals surface area contributed by atoms with Gasteiger partial charge in [-0.15, -0.1) is 12.4 Å². The Morgan fingerprint density at radius 2 is 0.924 bits per heavy atom. The first-order chi connectivity index (χ1) is 60.8. The number of phenolic OH excluding ortho intramolecular Hbond substituents is 1. The number of ketones is 1. The number of nitro benzene ring substituents is 4. The van der Waals surface area contributed by atoms with Gasteiger partial charge >= 0.3 is 58.4 Å². The van der Waals surface area contributed by atoms with Gasteiger partial charge in [0.25, 0.3) is 0 Å². The van der Waals surface area contributed by atoms with Crippen LogP contribution in [0.25, 0.3) is 32.7 Å². The van der Waals surface area contributed by atoms with Gasteiger partial charge in [-0.3, -0.25) is 65.5 Å². The van der Waals surface area contributed by atoms with E-state index < -0.39 is 25.8 Å². The smallest absolute Gasteiger partial charge is 0.870 e. The van der Waals surface area contributed by atoms with Crippen molar-refractivity contribution >= 4 is 149 Å². The molecule has 0 spiro atoms. The Kier molecular flexibility index (Phi) is 45.1. The van der Waals surface area contributed by atoms with Crippen molar-refractivity contribution < 1.29 is 116 Å². The van der Waals surface area contributed by atoms with Crippen LogP contribution in [0.4, 0.5) is 50.4 Å². The molecule has 0 bridgehead atoms. The number of para-hydroxylation sites is 1. The van der Waals surface area contributed by atoms with Crippen LogP contribution in [0, 0.1) is 40.5 Å². The topological polar surface area (TPSA) is 515 Å². The van der Waals surface area contributed by atoms with Crippen molar-refractivity contribution in [1.82, 2.24) is 30.2 Å². The van der Waals surface area contributed by atoms with Crippen LogP contribution >= 0.6 is 58.8 Å². The fraction of sp³-hybridized carbons (Fsp3) is 0.270. The minimum absolute atomic E-state index is 0. The number of pyridine rings is 3. The molecule has 131 heavy (non-hydrogen) atoms. The van der Waals surface area contributed by atoms with E-state index in [2.05, 4.69) is 56.3 Å². The average Bonchev–Trinajstić information content (AvgIpc) is 1.69. The number of nitrogens with zero attached hydrogens (tertiary/aromatic N) is 10. The van der Waals surface area contributed by atoms with Gasteiger partial charge in [0.1, 0.15) is 51.8 Å². The van der Waals surface area contributed by atoms with E-state index in [-0.39, 0.29) is 128 Å². The Morgan fingerprint density at radius 1 is 0.489 bits per heavy atom. The van der Waals surface area contributed by atoms with Gasteiger partial charge in [-0.25, -0.2) is 4.79 Å². The number of nitro groups is 4. The second-order valence-corrected chi connectivity index (χ2v) is 30.9. The van der Waals surface area contributed by atoms with Crippen molar-refractivity contribution in [2.45, 2.75) is 98.8 Å². The number of hydrogen-bond donors (Lipinski definition) is 5. The van der Waals surface area contributed by atoms with Crippen LogP contribution in [0.1, 0.15) is 97.9 Å². The number of phenols is 1. The Hall–Kier alpha value is -12.7. The van der Waals surface area contributed by atoms with Crippen molar-refractivity contribution in [2.75, 3.05) is 83.8 Å². The van der Waals surface area contributed by atoms with E-state index in [1.807, 2.05) is 47.6 Å². The summed E-state index contributed by atoms with van der Waals surface area (Å²) in [6, 6.07) is 44.2. The zero-order valence-electron chi connectivity index (χ0n) is 73.9. The monoisotopic (exact) mass is 1910 g/mol. The minimum Gasteiger partial charge on any atom is -0.870 e. The van der Waals surface area contributed by atoms with Gasteiger partial charge in [-0.2, -0.15) is 0 Å². The summed E-state index contributed by atoms with van der Waals surface area (Å²) in [4.78, 5) is 80.9. The summed E-state index contributed by atoms with van der Waals surface area (Å²) in [5.74, 6) is 4.54. The molecule has 8 aromatic carbocycles. The van der Waals surface area contributed by atoms with Crippen LogP contribution in [0.15, 0.2) is 197 Å². The number of nitrogen functional groups attached to an aromatic ring is 3. The average molecular weight is 1920 g/mol. The molecule has 42 heteroatoms. The fourth-order valence-corrected chi connectivity index (χ4v) is 12.0. The summed E-state index contributed by atoms with van der Waals surface area (Å²) in [5, 5.41) is 65.9. The molecule has 0 saturated carbocycles. The number of anilines is 4. The molecule has 1 fully saturated rings. The number of carbonyl (C=O) groups excluding carboxylic acids is 2. The Balaban J connectivity index is 0.000000333. The molecule has 36 nitrogen and oxygen atoms in total. The number of nitrogens with two attached hydrogens (primary N) is 3. The molecular formula is C89H98Cl5N14NaO22. The molecule has 9 N–H and O–H groups in total. The summed E-state index contributed by atoms with van der Waals surface area (Å²) >= 11 is 23.9. The number of aromatic hydroxyl groups is 1. The second kappa shape index (κ2) is 53.4. The Bertz CT molecular complexity index is 5970. The number of Topliss-reactive ketones (excluding diaryl/α,β-unsaturated/α-hetero) is 1. The number of aromatic nitrogens is 5. The van der Waals surface area contributed by atoms with E-state index in [9.17, 15) is 50.0 Å². The Morgan fingerprint density at radius 3 is 1.34 bits per heavy atom. The fourth-order valence-electron chi connectivity index (χ4n) is 11.2. The van der Waals surface area contributed by atoms with Crippen molar-refractivity contribution in [1.29, 1.82) is 0 Å². The third-order valence-electron chi connectivity index (χ3n) is 18.1. The molecule has 1 saturated heterocycles. The summed E-state index contributed by atoms with van der Waals surface area (Å²) in [7, 11) is 5.46. The van der Waals surface area contributed by atoms with Gasteiger partial charge in [0.2, 0.25) is 0 Å². The maximum Gasteiger partial charge on any atom is 1.00 e. The third-order valence-corrected chi connectivity index (χ3v) is 19.4. The maximum absolute atomic E-state index is 12.6. The summed E-state index contributed by atoms with van der Waals surface area (Å²) < 4.78 is 52.2. The first kappa shape index (κ1) is 111. The van der Waals surface area contributed by atoms with Gasteiger partial charge in [0.15, 0.2) is 28.8 Å². The van der Waals surface area contributed by atoms with Crippen LogP contribution in [0.5, 0.6) is 57.5 Å². The maximum atomic E-state index is 12.6. The largest absolute Gasteiger partial charge is 1.00 e. The van der Waals surface area contributed by atoms with Gasteiger partial charge in [-0.1, -0.05) is 143 Å². The zero-order valence-corrected chi connectivity index (χ0v) is 79.8. The first-order valence-corrected chi connectivity index (χ1v) is 40.6. The number of rotatable bonds is 21. The summed E-state index contributed by atoms with van der Waals surface area (Å²) in [6.45, 7) is 24.2. The first-order valence-electron chi connectivity index (χ1n) is 39.1. The minimum atomic E-state index is -0.597. The molecule has 0 aliphatic carbocycles. The number of ether oxygens (including phenoxy) is 8. The van der Waals surface area contributed by atoms with Crippen LogP contribution < -0.4 is 85.2 Å². The van der Waals surface area contributed by atoms with Crippen molar-refractivity contribution in [3.8, 4) is 57.5 Å². The number of fused-ring (bicyclic) bond motifs is 3. The van der Waals surface area contributed by atoms with Crippen molar-refractivity contribution in [3.63, 3.8) is 0 Å². The molecule has 1 amide bonds. The molecule has 692 valence electrons. The Labute approximate surface area is 801 Å². The van der Waals surface area contributed by atoms with Crippen molar-refractivity contribution in [3.05, 3.63) is 272 Å². The van der Waals surface area contributed by atoms with Crippen LogP contribution in [0.3, 0.4) is 0 Å². The molecule has 0 radical (unpaired) electrons. The van der Waals surface area contributed by atoms with Gasteiger partial charge in [0.05, 0.1) is 114 Å². The molecule has 0 atom stereocenters. The van der Waals surface area contributed by atoms with E-state index in [1.54, 1.807) is 103 Å². The number of carbonyl (C=O) groups is 2. The molecule has 1 aliphatic rings. The van der Waals surface area contributed by atoms with Gasteiger partial charge in [0, 0.05) is 138 Å². The quantitative estimate of drug-likeness (QED) is 0.0147. The van der Waals surface area contributed by atoms with Gasteiger partial charge in [-0.05, 0) is 111 Å². The van der Waals surface area contributed by atoms with Crippen LogP contribution in [0.2, 0.25) is 20.1 Å². The number of hydrogen-bond acceptors (Lipinski definition) is 31. The molecule has 13 aromatic rings. The van der Waals surface area contributed by atoms with E-state index in [0.29, 0.717) is 121 Å². The molecule has 0 unspecified atom stereocenters. The van der Waals surface area contributed by atoms with Crippen LogP contribution in [-0.2, 0) is 33.2 Å². The molecule has 5 aromatic heterocycles. The third kappa shape index (κ3) is 33.9. The second-order valence-electron chi connectivity index (χ2n) is 29.3. The predicted molar refractivity (Wildman–Crippen MR) is 501 cm³/mol. The molecule has 6 heterocycles. The molecule has 1 aliphatic heterocycles.